The van der Waals surface area contributed by atoms with Crippen LogP contribution in [0.25, 0.3) is 6.08 Å². The Balaban J connectivity index is 1.36. The van der Waals surface area contributed by atoms with Gasteiger partial charge < -0.3 is 28.4 Å². The minimum Gasteiger partial charge on any atom is -0.493 e. The van der Waals surface area contributed by atoms with Gasteiger partial charge in [0.15, 0.2) is 24.1 Å². The fraction of sp³-hybridized carbons (Fsp3) is 0.192. The zero-order valence-electron chi connectivity index (χ0n) is 18.6. The largest absolute Gasteiger partial charge is 0.493 e. The van der Waals surface area contributed by atoms with Gasteiger partial charge in [0.1, 0.15) is 23.9 Å². The molecule has 2 aliphatic rings. The van der Waals surface area contributed by atoms with Gasteiger partial charge in [-0.15, -0.1) is 0 Å². The maximum Gasteiger partial charge on any atom is 0.231 e. The molecule has 0 unspecified atom stereocenters. The van der Waals surface area contributed by atoms with Crippen LogP contribution in [0.4, 0.5) is 0 Å². The van der Waals surface area contributed by atoms with Crippen LogP contribution in [-0.2, 0) is 18.0 Å². The fourth-order valence-electron chi connectivity index (χ4n) is 3.95. The molecule has 0 N–H and O–H groups in total. The number of fused-ring (bicyclic) bond motifs is 2. The summed E-state index contributed by atoms with van der Waals surface area (Å²) in [5.74, 6) is 2.75. The third kappa shape index (κ3) is 4.16. The minimum atomic E-state index is -0.219. The van der Waals surface area contributed by atoms with Crippen molar-refractivity contribution in [1.29, 1.82) is 0 Å². The summed E-state index contributed by atoms with van der Waals surface area (Å²) in [6.45, 7) is 0.855. The molecule has 0 amide bonds. The highest BCUT2D eigenvalue weighted by molar-refractivity contribution is 6.30. The van der Waals surface area contributed by atoms with Crippen molar-refractivity contribution in [3.05, 3.63) is 81.6 Å². The van der Waals surface area contributed by atoms with Crippen molar-refractivity contribution >= 4 is 23.5 Å². The number of hydrogen-bond donors (Lipinski definition) is 0. The first-order valence-electron chi connectivity index (χ1n) is 10.5. The monoisotopic (exact) mass is 480 g/mol. The van der Waals surface area contributed by atoms with Crippen molar-refractivity contribution in [2.75, 3.05) is 21.0 Å². The van der Waals surface area contributed by atoms with Gasteiger partial charge in [0.25, 0.3) is 0 Å². The molecular weight excluding hydrogens is 460 g/mol. The molecule has 8 heteroatoms. The van der Waals surface area contributed by atoms with E-state index in [4.69, 9.17) is 40.0 Å². The first-order chi connectivity index (χ1) is 16.6. The third-order valence-electron chi connectivity index (χ3n) is 5.51. The van der Waals surface area contributed by atoms with Crippen molar-refractivity contribution in [2.24, 2.45) is 0 Å². The zero-order chi connectivity index (χ0) is 23.7. The van der Waals surface area contributed by atoms with E-state index in [1.807, 2.05) is 24.3 Å². The van der Waals surface area contributed by atoms with E-state index in [9.17, 15) is 4.79 Å². The van der Waals surface area contributed by atoms with Crippen LogP contribution in [0.5, 0.6) is 28.7 Å². The predicted molar refractivity (Wildman–Crippen MR) is 125 cm³/mol. The average Bonchev–Trinajstić information content (AvgIpc) is 3.16. The molecule has 0 saturated heterocycles. The number of Topliss-reactive ketones (excluding diaryl/α,β-unsaturated/α-hetero) is 1. The van der Waals surface area contributed by atoms with Gasteiger partial charge in [-0.2, -0.15) is 0 Å². The molecule has 0 atom stereocenters. The molecule has 3 aromatic carbocycles. The first kappa shape index (κ1) is 22.1. The molecule has 0 aliphatic carbocycles. The van der Waals surface area contributed by atoms with Crippen LogP contribution in [0.1, 0.15) is 27.0 Å². The number of rotatable bonds is 6. The second-order valence-corrected chi connectivity index (χ2v) is 8.07. The topological polar surface area (TPSA) is 72.5 Å². The number of carbonyl (C=O) groups excluding carboxylic acids is 1. The number of para-hydroxylation sites is 1. The lowest BCUT2D eigenvalue weighted by Crippen LogP contribution is -2.14. The summed E-state index contributed by atoms with van der Waals surface area (Å²) in [5, 5.41) is 0.581. The molecule has 2 heterocycles. The normalized spacial score (nSPS) is 15.3. The number of carbonyl (C=O) groups is 1. The van der Waals surface area contributed by atoms with Gasteiger partial charge in [-0.1, -0.05) is 23.7 Å². The lowest BCUT2D eigenvalue weighted by molar-refractivity contribution is -0.0175. The van der Waals surface area contributed by atoms with Gasteiger partial charge in [0, 0.05) is 27.8 Å². The summed E-state index contributed by atoms with van der Waals surface area (Å²) >= 11 is 6.23. The first-order valence-corrected chi connectivity index (χ1v) is 10.9. The van der Waals surface area contributed by atoms with Crippen molar-refractivity contribution in [3.63, 3.8) is 0 Å². The molecule has 0 aromatic heterocycles. The van der Waals surface area contributed by atoms with Crippen molar-refractivity contribution < 1.29 is 33.2 Å². The molecule has 174 valence electrons. The molecule has 0 bridgehead atoms. The number of halogens is 1. The van der Waals surface area contributed by atoms with E-state index < -0.39 is 0 Å². The summed E-state index contributed by atoms with van der Waals surface area (Å²) in [6.07, 6.45) is 1.64. The van der Waals surface area contributed by atoms with Crippen LogP contribution in [0.15, 0.2) is 54.3 Å². The quantitative estimate of drug-likeness (QED) is 0.436. The maximum absolute atomic E-state index is 12.9. The van der Waals surface area contributed by atoms with Crippen LogP contribution in [0.2, 0.25) is 5.02 Å². The van der Waals surface area contributed by atoms with E-state index in [0.29, 0.717) is 45.8 Å². The van der Waals surface area contributed by atoms with Gasteiger partial charge >= 0.3 is 0 Å². The molecule has 34 heavy (non-hydrogen) atoms. The SMILES string of the molecule is COc1cccc(/C=C2\Oc3cc(OCc4cc(Cl)cc5c4OCOC5)ccc3C2=O)c1OC. The molecule has 0 saturated carbocycles. The molecule has 5 rings (SSSR count). The van der Waals surface area contributed by atoms with E-state index in [2.05, 4.69) is 0 Å². The lowest BCUT2D eigenvalue weighted by atomic mass is 10.1. The molecular formula is C26H21ClO7. The van der Waals surface area contributed by atoms with E-state index in [-0.39, 0.29) is 24.9 Å². The highest BCUT2D eigenvalue weighted by atomic mass is 35.5. The van der Waals surface area contributed by atoms with Gasteiger partial charge in [-0.05, 0) is 36.4 Å². The number of benzene rings is 3. The van der Waals surface area contributed by atoms with Gasteiger partial charge in [0.05, 0.1) is 26.4 Å². The van der Waals surface area contributed by atoms with Crippen LogP contribution in [-0.4, -0.2) is 26.8 Å². The van der Waals surface area contributed by atoms with Crippen molar-refractivity contribution in [2.45, 2.75) is 13.2 Å². The number of hydrogen-bond acceptors (Lipinski definition) is 7. The highest BCUT2D eigenvalue weighted by Crippen LogP contribution is 2.38. The van der Waals surface area contributed by atoms with Gasteiger partial charge in [-0.3, -0.25) is 4.79 Å². The summed E-state index contributed by atoms with van der Waals surface area (Å²) in [5.41, 5.74) is 2.82. The van der Waals surface area contributed by atoms with E-state index in [1.165, 1.54) is 0 Å². The Hall–Kier alpha value is -3.68. The summed E-state index contributed by atoms with van der Waals surface area (Å²) in [7, 11) is 3.10. The minimum absolute atomic E-state index is 0.184. The molecule has 2 aliphatic heterocycles. The molecule has 7 nitrogen and oxygen atoms in total. The van der Waals surface area contributed by atoms with E-state index >= 15 is 0 Å². The van der Waals surface area contributed by atoms with Crippen molar-refractivity contribution in [3.8, 4) is 28.7 Å². The van der Waals surface area contributed by atoms with Crippen LogP contribution < -0.4 is 23.7 Å². The average molecular weight is 481 g/mol. The molecule has 0 fully saturated rings. The second kappa shape index (κ2) is 9.29. The van der Waals surface area contributed by atoms with Gasteiger partial charge in [0.2, 0.25) is 5.78 Å². The standard InChI is InChI=1S/C26H21ClO7/c1-29-21-5-3-4-15(26(21)30-2)10-23-24(28)20-7-6-19(11-22(20)34-23)32-13-17-9-18(27)8-16-12-31-14-33-25(16)17/h3-11H,12-14H2,1-2H3/b23-10-. The van der Waals surface area contributed by atoms with E-state index in [0.717, 1.165) is 16.9 Å². The zero-order valence-corrected chi connectivity index (χ0v) is 19.3. The maximum atomic E-state index is 12.9. The second-order valence-electron chi connectivity index (χ2n) is 7.63. The molecule has 3 aromatic rings. The Morgan fingerprint density at radius 1 is 1.09 bits per heavy atom. The Bertz CT molecular complexity index is 1300. The highest BCUT2D eigenvalue weighted by Gasteiger charge is 2.28. The van der Waals surface area contributed by atoms with Crippen LogP contribution in [0.3, 0.4) is 0 Å². The summed E-state index contributed by atoms with van der Waals surface area (Å²) < 4.78 is 33.6. The predicted octanol–water partition coefficient (Wildman–Crippen LogP) is 5.42. The van der Waals surface area contributed by atoms with Crippen LogP contribution in [0, 0.1) is 0 Å². The Morgan fingerprint density at radius 3 is 2.79 bits per heavy atom. The third-order valence-corrected chi connectivity index (χ3v) is 5.73. The Labute approximate surface area is 201 Å². The van der Waals surface area contributed by atoms with E-state index in [1.54, 1.807) is 44.6 Å². The van der Waals surface area contributed by atoms with Crippen LogP contribution >= 0.6 is 11.6 Å². The molecule has 0 radical (unpaired) electrons. The summed E-state index contributed by atoms with van der Waals surface area (Å²) in [4.78, 5) is 12.9. The summed E-state index contributed by atoms with van der Waals surface area (Å²) in [6, 6.07) is 14.2. The molecule has 0 spiro atoms. The van der Waals surface area contributed by atoms with Gasteiger partial charge in [-0.25, -0.2) is 0 Å². The number of ether oxygens (including phenoxy) is 6. The number of allylic oxidation sites excluding steroid dienone is 1. The number of ketones is 1. The fourth-order valence-corrected chi connectivity index (χ4v) is 4.21. The lowest BCUT2D eigenvalue weighted by Gasteiger charge is -2.21. The Kier molecular flexibility index (Phi) is 6.04. The Morgan fingerprint density at radius 2 is 1.97 bits per heavy atom. The van der Waals surface area contributed by atoms with Crippen molar-refractivity contribution in [1.82, 2.24) is 0 Å². The smallest absolute Gasteiger partial charge is 0.231 e. The number of methoxy groups -OCH3 is 2.